The molecule has 0 spiro atoms. The van der Waals surface area contributed by atoms with Crippen LogP contribution in [0.3, 0.4) is 0 Å². The van der Waals surface area contributed by atoms with Gasteiger partial charge in [0.1, 0.15) is 17.1 Å². The number of nitrogens with zero attached hydrogens (tertiary/aromatic N) is 3. The monoisotopic (exact) mass is 508 g/mol. The number of methoxy groups -OCH3 is 1. The lowest BCUT2D eigenvalue weighted by molar-refractivity contribution is -0.119. The van der Waals surface area contributed by atoms with E-state index in [0.29, 0.717) is 13.1 Å². The number of carbonyl (C=O) groups excluding carboxylic acids is 2. The van der Waals surface area contributed by atoms with Gasteiger partial charge in [0.05, 0.1) is 12.0 Å². The van der Waals surface area contributed by atoms with Crippen LogP contribution in [-0.2, 0) is 33.7 Å². The van der Waals surface area contributed by atoms with Crippen LogP contribution in [0.25, 0.3) is 0 Å². The summed E-state index contributed by atoms with van der Waals surface area (Å²) in [6, 6.07) is 4.95. The third kappa shape index (κ3) is 5.80. The molecular weight excluding hydrogens is 480 g/mol. The predicted octanol–water partition coefficient (Wildman–Crippen LogP) is 0.453. The number of esters is 1. The van der Waals surface area contributed by atoms with E-state index in [1.165, 1.54) is 43.7 Å². The minimum absolute atomic E-state index is 0.0673. The zero-order valence-corrected chi connectivity index (χ0v) is 20.6. The second kappa shape index (κ2) is 10.9. The molecule has 13 heteroatoms. The van der Waals surface area contributed by atoms with Crippen molar-refractivity contribution in [1.82, 2.24) is 13.4 Å². The Hall–Kier alpha value is -3.45. The molecule has 0 unspecified atom stereocenters. The van der Waals surface area contributed by atoms with Crippen molar-refractivity contribution in [1.29, 1.82) is 0 Å². The molecule has 0 radical (unpaired) electrons. The smallest absolute Gasteiger partial charge is 0.342 e. The van der Waals surface area contributed by atoms with Crippen molar-refractivity contribution in [2.24, 2.45) is 14.1 Å². The van der Waals surface area contributed by atoms with E-state index in [-0.39, 0.29) is 22.0 Å². The van der Waals surface area contributed by atoms with Gasteiger partial charge in [-0.05, 0) is 31.0 Å². The molecule has 1 aliphatic heterocycles. The normalized spacial score (nSPS) is 14.7. The molecule has 0 bridgehead atoms. The Morgan fingerprint density at radius 3 is 2.29 bits per heavy atom. The van der Waals surface area contributed by atoms with Crippen molar-refractivity contribution >= 4 is 27.7 Å². The molecule has 0 saturated carbocycles. The number of aromatic nitrogens is 2. The first-order valence-electron chi connectivity index (χ1n) is 11.0. The molecule has 1 aromatic carbocycles. The lowest BCUT2D eigenvalue weighted by Gasteiger charge is -2.20. The Morgan fingerprint density at radius 2 is 1.66 bits per heavy atom. The van der Waals surface area contributed by atoms with Gasteiger partial charge in [-0.3, -0.25) is 18.7 Å². The summed E-state index contributed by atoms with van der Waals surface area (Å²) < 4.78 is 39.8. The first-order valence-corrected chi connectivity index (χ1v) is 12.4. The zero-order chi connectivity index (χ0) is 25.8. The SMILES string of the molecule is COc1ccc(S(=O)(=O)N2CCCCCC2)cc1C(=O)OCC(=O)Nc1cc(=O)n(C)c(=O)n1C. The standard InChI is InChI=1S/C22H28N4O8S/c1-24-18(13-20(28)25(2)22(24)30)23-19(27)14-34-21(29)16-12-15(8-9-17(16)33-3)35(31,32)26-10-6-4-5-7-11-26/h8-9,12-13H,4-7,10-11,14H2,1-3H3,(H,23,27). The van der Waals surface area contributed by atoms with Crippen LogP contribution >= 0.6 is 0 Å². The van der Waals surface area contributed by atoms with Crippen molar-refractivity contribution in [3.8, 4) is 5.75 Å². The summed E-state index contributed by atoms with van der Waals surface area (Å²) in [5.41, 5.74) is -1.42. The van der Waals surface area contributed by atoms with Crippen LogP contribution in [0.1, 0.15) is 36.0 Å². The summed E-state index contributed by atoms with van der Waals surface area (Å²) in [6.07, 6.45) is 3.44. The van der Waals surface area contributed by atoms with E-state index >= 15 is 0 Å². The maximum atomic E-state index is 13.1. The molecule has 190 valence electrons. The number of carbonyl (C=O) groups is 2. The zero-order valence-electron chi connectivity index (χ0n) is 19.8. The number of hydrogen-bond donors (Lipinski definition) is 1. The summed E-state index contributed by atoms with van der Waals surface area (Å²) >= 11 is 0. The van der Waals surface area contributed by atoms with E-state index in [1.54, 1.807) is 0 Å². The second-order valence-electron chi connectivity index (χ2n) is 8.07. The number of rotatable bonds is 7. The van der Waals surface area contributed by atoms with Gasteiger partial charge < -0.3 is 14.8 Å². The molecule has 35 heavy (non-hydrogen) atoms. The highest BCUT2D eigenvalue weighted by Crippen LogP contribution is 2.26. The largest absolute Gasteiger partial charge is 0.496 e. The quantitative estimate of drug-likeness (QED) is 0.531. The van der Waals surface area contributed by atoms with E-state index in [9.17, 15) is 27.6 Å². The van der Waals surface area contributed by atoms with Crippen LogP contribution in [0.15, 0.2) is 38.8 Å². The highest BCUT2D eigenvalue weighted by molar-refractivity contribution is 7.89. The molecule has 3 rings (SSSR count). The Kier molecular flexibility index (Phi) is 8.12. The van der Waals surface area contributed by atoms with Gasteiger partial charge in [-0.25, -0.2) is 18.0 Å². The maximum absolute atomic E-state index is 13.1. The summed E-state index contributed by atoms with van der Waals surface area (Å²) in [5, 5.41) is 2.34. The Bertz CT molecular complexity index is 1340. The van der Waals surface area contributed by atoms with E-state index in [1.807, 2.05) is 0 Å². The van der Waals surface area contributed by atoms with Gasteiger partial charge in [0, 0.05) is 33.3 Å². The molecule has 1 N–H and O–H groups in total. The average Bonchev–Trinajstić information content (AvgIpc) is 3.14. The summed E-state index contributed by atoms with van der Waals surface area (Å²) in [6.45, 7) is 0.0628. The van der Waals surface area contributed by atoms with E-state index in [2.05, 4.69) is 5.32 Å². The molecule has 1 aliphatic rings. The highest BCUT2D eigenvalue weighted by atomic mass is 32.2. The number of benzene rings is 1. The van der Waals surface area contributed by atoms with Gasteiger partial charge in [-0.15, -0.1) is 0 Å². The van der Waals surface area contributed by atoms with Crippen LogP contribution < -0.4 is 21.3 Å². The first-order chi connectivity index (χ1) is 16.6. The number of sulfonamides is 1. The molecule has 1 amide bonds. The summed E-state index contributed by atoms with van der Waals surface area (Å²) in [5.74, 6) is -1.75. The lowest BCUT2D eigenvalue weighted by Crippen LogP contribution is -2.38. The van der Waals surface area contributed by atoms with Crippen molar-refractivity contribution in [3.05, 3.63) is 50.7 Å². The van der Waals surface area contributed by atoms with E-state index in [4.69, 9.17) is 9.47 Å². The third-order valence-corrected chi connectivity index (χ3v) is 7.62. The van der Waals surface area contributed by atoms with Gasteiger partial charge in [0.15, 0.2) is 6.61 Å². The first kappa shape index (κ1) is 26.2. The molecule has 2 heterocycles. The second-order valence-corrected chi connectivity index (χ2v) is 10.0. The van der Waals surface area contributed by atoms with Gasteiger partial charge >= 0.3 is 11.7 Å². The van der Waals surface area contributed by atoms with Crippen molar-refractivity contribution in [2.75, 3.05) is 32.1 Å². The number of hydrogen-bond acceptors (Lipinski definition) is 8. The van der Waals surface area contributed by atoms with Crippen molar-refractivity contribution < 1.29 is 27.5 Å². The lowest BCUT2D eigenvalue weighted by atomic mass is 10.2. The number of amides is 1. The predicted molar refractivity (Wildman–Crippen MR) is 126 cm³/mol. The molecule has 12 nitrogen and oxygen atoms in total. The Balaban J connectivity index is 1.76. The third-order valence-electron chi connectivity index (χ3n) is 5.72. The fourth-order valence-corrected chi connectivity index (χ4v) is 5.22. The fraction of sp³-hybridized carbons (Fsp3) is 0.455. The van der Waals surface area contributed by atoms with Crippen LogP contribution in [0.5, 0.6) is 5.75 Å². The minimum Gasteiger partial charge on any atom is -0.496 e. The topological polar surface area (TPSA) is 146 Å². The maximum Gasteiger partial charge on any atom is 0.342 e. The molecule has 0 atom stereocenters. The minimum atomic E-state index is -3.83. The van der Waals surface area contributed by atoms with Crippen LogP contribution in [0, 0.1) is 0 Å². The molecular formula is C22H28N4O8S. The van der Waals surface area contributed by atoms with E-state index < -0.39 is 39.8 Å². The molecule has 1 saturated heterocycles. The number of anilines is 1. The van der Waals surface area contributed by atoms with Gasteiger partial charge in [0.25, 0.3) is 11.5 Å². The Labute approximate surface area is 202 Å². The van der Waals surface area contributed by atoms with Crippen LogP contribution in [0.4, 0.5) is 5.82 Å². The highest BCUT2D eigenvalue weighted by Gasteiger charge is 2.27. The van der Waals surface area contributed by atoms with Gasteiger partial charge in [0.2, 0.25) is 10.0 Å². The molecule has 0 aliphatic carbocycles. The van der Waals surface area contributed by atoms with Crippen molar-refractivity contribution in [2.45, 2.75) is 30.6 Å². The van der Waals surface area contributed by atoms with Crippen LogP contribution in [-0.4, -0.2) is 60.5 Å². The number of nitrogens with one attached hydrogen (secondary N) is 1. The molecule has 1 aromatic heterocycles. The summed E-state index contributed by atoms with van der Waals surface area (Å²) in [7, 11) is 0.153. The van der Waals surface area contributed by atoms with E-state index in [0.717, 1.165) is 40.9 Å². The summed E-state index contributed by atoms with van der Waals surface area (Å²) in [4.78, 5) is 48.7. The number of ether oxygens (including phenoxy) is 2. The Morgan fingerprint density at radius 1 is 1.00 bits per heavy atom. The fourth-order valence-electron chi connectivity index (χ4n) is 3.68. The average molecular weight is 509 g/mol. The molecule has 2 aromatic rings. The van der Waals surface area contributed by atoms with Gasteiger partial charge in [-0.2, -0.15) is 4.31 Å². The van der Waals surface area contributed by atoms with Crippen molar-refractivity contribution in [3.63, 3.8) is 0 Å². The molecule has 1 fully saturated rings. The van der Waals surface area contributed by atoms with Gasteiger partial charge in [-0.1, -0.05) is 12.8 Å². The van der Waals surface area contributed by atoms with Crippen LogP contribution in [0.2, 0.25) is 0 Å².